The van der Waals surface area contributed by atoms with Crippen LogP contribution >= 0.6 is 0 Å². The van der Waals surface area contributed by atoms with E-state index >= 15 is 0 Å². The molecule has 0 spiro atoms. The maximum Gasteiger partial charge on any atom is 0.335 e. The molecule has 15 aromatic rings. The van der Waals surface area contributed by atoms with Gasteiger partial charge in [-0.3, -0.25) is 42.5 Å². The summed E-state index contributed by atoms with van der Waals surface area (Å²) in [6, 6.07) is 48.1. The molecule has 2 atom stereocenters. The number of anilines is 3. The average Bonchev–Trinajstić information content (AvgIpc) is 0.762. The van der Waals surface area contributed by atoms with Gasteiger partial charge in [-0.2, -0.15) is 0 Å². The Morgan fingerprint density at radius 1 is 0.397 bits per heavy atom. The SMILES string of the molecule is CC(=O)N[C@@H](Cc1ccc(-n2c(=O)c3ccccc3n(C)c2=O)cc1)C(=O)O.CC(=O)N[C@@H](Cc1ccc(-n2c(=O)c3ccccc3n(C)c2=O)cc1)C(=O)OC1CCCCC1.COCc1ncc(-c2ccc(S(=O)(=O)Nc3cc(F)c(C)cc3F)cc2)cn1.COCc1ncc(-c2ccc(S(=O)(=O)Nc3cc(F)c(C)cc3F)cc2)cn1.COCc1ncc(-c2ccc(S(=O)(=O)Nc3cc(F)c(C)cc3F)cc2)cn1. The number of rotatable bonds is 29. The molecule has 10 aromatic carbocycles. The average molecular weight is 2060 g/mol. The number of aromatic nitrogens is 10. The fourth-order valence-electron chi connectivity index (χ4n) is 15.0. The number of nitrogens with zero attached hydrogens (tertiary/aromatic N) is 10. The number of aliphatic carboxylic acids is 1. The van der Waals surface area contributed by atoms with Crippen LogP contribution in [0.1, 0.15) is 91.2 Å². The van der Waals surface area contributed by atoms with Gasteiger partial charge in [0.05, 0.1) is 64.9 Å². The van der Waals surface area contributed by atoms with E-state index in [-0.39, 0.29) is 56.2 Å². The summed E-state index contributed by atoms with van der Waals surface area (Å²) in [7, 11) is -4.39. The molecule has 0 saturated heterocycles. The summed E-state index contributed by atoms with van der Waals surface area (Å²) in [5, 5.41) is 15.1. The number of benzene rings is 10. The fourth-order valence-corrected chi connectivity index (χ4v) is 18.2. The number of carbonyl (C=O) groups is 4. The van der Waals surface area contributed by atoms with E-state index in [1.165, 1.54) is 80.2 Å². The van der Waals surface area contributed by atoms with Gasteiger partial charge in [-0.05, 0) is 194 Å². The molecule has 2 amide bonds. The van der Waals surface area contributed by atoms with Crippen molar-refractivity contribution in [1.29, 1.82) is 0 Å². The van der Waals surface area contributed by atoms with E-state index in [0.29, 0.717) is 109 Å². The van der Waals surface area contributed by atoms with E-state index in [4.69, 9.17) is 18.9 Å². The van der Waals surface area contributed by atoms with Crippen LogP contribution in [0.5, 0.6) is 0 Å². The molecule has 5 aromatic heterocycles. The Morgan fingerprint density at radius 3 is 0.986 bits per heavy atom. The standard InChI is InChI=1S/C26H29N3O5.C20H19N3O5.3C19H17F2N3O3S/c1-17(30)27-22(25(32)34-20-8-4-3-5-9-20)16-18-12-14-19(15-13-18)29-24(31)21-10-6-7-11-23(21)28(2)26(29)33;1-12(24)21-16(19(26)27)11-13-7-9-14(10-8-13)23-18(25)15-5-3-4-6-17(15)22(2)20(23)28;3*1-12-7-17(21)18(8-16(12)20)24-28(25,26)15-5-3-13(4-6-15)14-9-22-19(11-27-2)23-10-14/h6-7,10-15,20,22H,3-5,8-9,16H2,1-2H3,(H,27,30);3-10,16H,11H2,1-2H3,(H,21,24)(H,26,27);3*3-10,24H,11H2,1-2H3/t22-;16-;;;/m00.../s1. The summed E-state index contributed by atoms with van der Waals surface area (Å²) in [5.74, 6) is -5.41. The molecule has 760 valence electrons. The first-order valence-corrected chi connectivity index (χ1v) is 49.2. The van der Waals surface area contributed by atoms with Crippen LogP contribution in [-0.2, 0) is 115 Å². The highest BCUT2D eigenvalue weighted by atomic mass is 32.2. The minimum Gasteiger partial charge on any atom is -0.480 e. The number of aryl methyl sites for hydroxylation is 5. The highest BCUT2D eigenvalue weighted by Crippen LogP contribution is 2.31. The summed E-state index contributed by atoms with van der Waals surface area (Å²) >= 11 is 0. The second kappa shape index (κ2) is 48.8. The number of fused-ring (bicyclic) bond motifs is 2. The number of amides is 2. The van der Waals surface area contributed by atoms with Crippen molar-refractivity contribution in [3.63, 3.8) is 0 Å². The first-order valence-electron chi connectivity index (χ1n) is 44.8. The molecular formula is C103H99F6N15O19S3. The van der Waals surface area contributed by atoms with E-state index in [0.717, 1.165) is 83.2 Å². The molecule has 1 fully saturated rings. The number of hydrogen-bond donors (Lipinski definition) is 6. The molecule has 1 saturated carbocycles. The maximum absolute atomic E-state index is 13.9. The molecule has 34 nitrogen and oxygen atoms in total. The lowest BCUT2D eigenvalue weighted by Gasteiger charge is -2.25. The van der Waals surface area contributed by atoms with Crippen molar-refractivity contribution < 1.29 is 94.8 Å². The van der Waals surface area contributed by atoms with Crippen molar-refractivity contribution in [2.75, 3.05) is 35.5 Å². The molecule has 6 N–H and O–H groups in total. The zero-order valence-electron chi connectivity index (χ0n) is 80.2. The number of methoxy groups -OCH3 is 3. The van der Waals surface area contributed by atoms with Crippen LogP contribution in [0.25, 0.3) is 66.6 Å². The Kier molecular flexibility index (Phi) is 36.3. The molecule has 16 rings (SSSR count). The van der Waals surface area contributed by atoms with Gasteiger partial charge < -0.3 is 34.7 Å². The van der Waals surface area contributed by atoms with Crippen molar-refractivity contribution in [2.24, 2.45) is 14.1 Å². The van der Waals surface area contributed by atoms with Gasteiger partial charge in [0.25, 0.3) is 41.2 Å². The lowest BCUT2D eigenvalue weighted by molar-refractivity contribution is -0.154. The van der Waals surface area contributed by atoms with Crippen molar-refractivity contribution in [3.05, 3.63) is 365 Å². The molecule has 146 heavy (non-hydrogen) atoms. The normalized spacial score (nSPS) is 12.4. The second-order valence-electron chi connectivity index (χ2n) is 33.4. The van der Waals surface area contributed by atoms with Crippen LogP contribution in [0, 0.1) is 55.7 Å². The Morgan fingerprint density at radius 2 is 0.692 bits per heavy atom. The van der Waals surface area contributed by atoms with Gasteiger partial charge in [0.15, 0.2) is 17.5 Å². The van der Waals surface area contributed by atoms with Gasteiger partial charge in [-0.15, -0.1) is 0 Å². The van der Waals surface area contributed by atoms with Crippen LogP contribution in [0.4, 0.5) is 43.4 Å². The zero-order chi connectivity index (χ0) is 106. The third kappa shape index (κ3) is 27.9. The van der Waals surface area contributed by atoms with E-state index in [1.54, 1.807) is 206 Å². The largest absolute Gasteiger partial charge is 0.480 e. The Labute approximate surface area is 833 Å². The summed E-state index contributed by atoms with van der Waals surface area (Å²) in [5.41, 5.74) is 4.74. The molecular weight excluding hydrogens is 1960 g/mol. The maximum atomic E-state index is 13.9. The Bertz CT molecular complexity index is 7500. The monoisotopic (exact) mass is 2060 g/mol. The molecule has 0 bridgehead atoms. The first kappa shape index (κ1) is 109. The van der Waals surface area contributed by atoms with Crippen molar-refractivity contribution in [2.45, 2.75) is 132 Å². The van der Waals surface area contributed by atoms with E-state index in [1.807, 2.05) is 0 Å². The number of sulfonamides is 3. The zero-order valence-corrected chi connectivity index (χ0v) is 82.6. The van der Waals surface area contributed by atoms with Gasteiger partial charge in [-0.1, -0.05) is 91.3 Å². The Hall–Kier alpha value is -16.1. The minimum absolute atomic E-state index is 0.0832. The fraction of sp³-hybridized carbons (Fsp3) is 0.223. The van der Waals surface area contributed by atoms with Crippen molar-refractivity contribution in [3.8, 4) is 44.8 Å². The van der Waals surface area contributed by atoms with Gasteiger partial charge in [0.1, 0.15) is 72.9 Å². The number of ether oxygens (including phenoxy) is 4. The third-order valence-electron chi connectivity index (χ3n) is 22.7. The van der Waals surface area contributed by atoms with Crippen molar-refractivity contribution >= 4 is 92.7 Å². The van der Waals surface area contributed by atoms with Crippen LogP contribution in [0.2, 0.25) is 0 Å². The number of halogens is 6. The highest BCUT2D eigenvalue weighted by Gasteiger charge is 2.29. The molecule has 1 aliphatic carbocycles. The lowest BCUT2D eigenvalue weighted by Crippen LogP contribution is -2.43. The van der Waals surface area contributed by atoms with Crippen molar-refractivity contribution in [1.82, 2.24) is 58.8 Å². The number of carboxylic acids is 1. The number of nitrogens with one attached hydrogen (secondary N) is 5. The smallest absolute Gasteiger partial charge is 0.335 e. The third-order valence-corrected chi connectivity index (χ3v) is 26.8. The topological polar surface area (TPSA) is 453 Å². The molecule has 43 heteroatoms. The van der Waals surface area contributed by atoms with Crippen LogP contribution < -0.4 is 47.3 Å². The van der Waals surface area contributed by atoms with Gasteiger partial charge in [0.2, 0.25) is 11.8 Å². The summed E-state index contributed by atoms with van der Waals surface area (Å²) in [4.78, 5) is 123. The molecule has 5 heterocycles. The van der Waals surface area contributed by atoms with Crippen LogP contribution in [0.15, 0.2) is 277 Å². The predicted molar refractivity (Wildman–Crippen MR) is 533 cm³/mol. The van der Waals surface area contributed by atoms with E-state index in [9.17, 15) is 95.1 Å². The molecule has 0 aliphatic heterocycles. The van der Waals surface area contributed by atoms with Gasteiger partial charge >= 0.3 is 23.3 Å². The van der Waals surface area contributed by atoms with E-state index in [2.05, 4.69) is 54.7 Å². The summed E-state index contributed by atoms with van der Waals surface area (Å²) < 4.78 is 189. The summed E-state index contributed by atoms with van der Waals surface area (Å²) in [6.45, 7) is 7.66. The van der Waals surface area contributed by atoms with E-state index < -0.39 is 134 Å². The number of hydrogen-bond acceptors (Lipinski definition) is 24. The quantitative estimate of drug-likeness (QED) is 0.0187. The lowest BCUT2D eigenvalue weighted by atomic mass is 9.97. The first-order chi connectivity index (χ1) is 69.5. The Balaban J connectivity index is 0.000000163. The number of esters is 1. The van der Waals surface area contributed by atoms with Gasteiger partial charge in [0, 0.05) is 134 Å². The summed E-state index contributed by atoms with van der Waals surface area (Å²) in [6.07, 6.45) is 14.8. The number of carboxylic acid groups (broad SMARTS) is 1. The molecule has 0 radical (unpaired) electrons. The number of carbonyl (C=O) groups excluding carboxylic acids is 3. The minimum atomic E-state index is -4.08. The molecule has 1 aliphatic rings. The number of para-hydroxylation sites is 2. The predicted octanol–water partition coefficient (Wildman–Crippen LogP) is 14.5. The van der Waals surface area contributed by atoms with Crippen LogP contribution in [0.3, 0.4) is 0 Å². The van der Waals surface area contributed by atoms with Crippen LogP contribution in [-0.4, -0.2) is 142 Å². The second-order valence-corrected chi connectivity index (χ2v) is 38.4. The van der Waals surface area contributed by atoms with Gasteiger partial charge in [-0.25, -0.2) is 110 Å². The molecule has 0 unspecified atom stereocenters. The highest BCUT2D eigenvalue weighted by molar-refractivity contribution is 7.93.